The molecule has 22 heavy (non-hydrogen) atoms. The number of amides is 1. The van der Waals surface area contributed by atoms with E-state index in [-0.39, 0.29) is 5.91 Å². The maximum Gasteiger partial charge on any atom is 0.251 e. The highest BCUT2D eigenvalue weighted by Gasteiger charge is 2.11. The van der Waals surface area contributed by atoms with Crippen LogP contribution in [0, 0.1) is 13.8 Å². The summed E-state index contributed by atoms with van der Waals surface area (Å²) in [5.74, 6) is 1.19. The fraction of sp³-hybridized carbons (Fsp3) is 0.278. The van der Waals surface area contributed by atoms with Crippen LogP contribution in [0.1, 0.15) is 27.0 Å². The van der Waals surface area contributed by atoms with Crippen molar-refractivity contribution >= 4 is 5.91 Å². The molecule has 2 aromatic rings. The Labute approximate surface area is 131 Å². The number of carbonyl (C=O) groups excluding carboxylic acids is 1. The number of hydrogen-bond acceptors (Lipinski definition) is 3. The van der Waals surface area contributed by atoms with Crippen molar-refractivity contribution in [2.24, 2.45) is 0 Å². The number of aryl methyl sites for hydroxylation is 2. The van der Waals surface area contributed by atoms with Gasteiger partial charge in [0.15, 0.2) is 11.5 Å². The zero-order valence-corrected chi connectivity index (χ0v) is 13.4. The second-order valence-corrected chi connectivity index (χ2v) is 5.13. The minimum absolute atomic E-state index is 0.104. The van der Waals surface area contributed by atoms with Gasteiger partial charge in [0.2, 0.25) is 0 Å². The maximum absolute atomic E-state index is 12.3. The smallest absolute Gasteiger partial charge is 0.251 e. The molecule has 4 nitrogen and oxygen atoms in total. The molecular weight excluding hydrogens is 278 g/mol. The lowest BCUT2D eigenvalue weighted by atomic mass is 10.1. The Balaban J connectivity index is 2.12. The normalized spacial score (nSPS) is 10.2. The lowest BCUT2D eigenvalue weighted by Gasteiger charge is -2.13. The highest BCUT2D eigenvalue weighted by atomic mass is 16.5. The van der Waals surface area contributed by atoms with E-state index in [0.29, 0.717) is 23.6 Å². The highest BCUT2D eigenvalue weighted by molar-refractivity contribution is 5.94. The van der Waals surface area contributed by atoms with Gasteiger partial charge in [-0.3, -0.25) is 4.79 Å². The van der Waals surface area contributed by atoms with Crippen LogP contribution in [0.15, 0.2) is 36.4 Å². The summed E-state index contributed by atoms with van der Waals surface area (Å²) >= 11 is 0. The first-order valence-electron chi connectivity index (χ1n) is 7.12. The van der Waals surface area contributed by atoms with Crippen LogP contribution in [0.2, 0.25) is 0 Å². The van der Waals surface area contributed by atoms with Crippen molar-refractivity contribution < 1.29 is 14.3 Å². The van der Waals surface area contributed by atoms with Crippen molar-refractivity contribution in [1.82, 2.24) is 5.32 Å². The Morgan fingerprint density at radius 1 is 1.05 bits per heavy atom. The standard InChI is InChI=1S/C18H21NO3/c1-12-8-9-14(10-13(12)2)18(20)19-11-15-6-5-7-16(21-3)17(15)22-4/h5-10H,11H2,1-4H3,(H,19,20). The van der Waals surface area contributed by atoms with Gasteiger partial charge in [0.25, 0.3) is 5.91 Å². The summed E-state index contributed by atoms with van der Waals surface area (Å²) in [6.45, 7) is 4.40. The van der Waals surface area contributed by atoms with Crippen molar-refractivity contribution in [1.29, 1.82) is 0 Å². The number of rotatable bonds is 5. The van der Waals surface area contributed by atoms with Crippen molar-refractivity contribution in [3.05, 3.63) is 58.7 Å². The molecule has 4 heteroatoms. The fourth-order valence-electron chi connectivity index (χ4n) is 2.25. The second-order valence-electron chi connectivity index (χ2n) is 5.13. The number of para-hydroxylation sites is 1. The average Bonchev–Trinajstić information content (AvgIpc) is 2.54. The van der Waals surface area contributed by atoms with Gasteiger partial charge in [-0.15, -0.1) is 0 Å². The van der Waals surface area contributed by atoms with Crippen molar-refractivity contribution in [3.8, 4) is 11.5 Å². The largest absolute Gasteiger partial charge is 0.493 e. The van der Waals surface area contributed by atoms with Gasteiger partial charge >= 0.3 is 0 Å². The molecule has 0 unspecified atom stereocenters. The molecule has 0 heterocycles. The molecule has 0 aliphatic carbocycles. The Kier molecular flexibility index (Phi) is 5.04. The summed E-state index contributed by atoms with van der Waals surface area (Å²) in [4.78, 5) is 12.3. The molecule has 0 bridgehead atoms. The van der Waals surface area contributed by atoms with E-state index in [1.165, 1.54) is 5.56 Å². The molecule has 2 rings (SSSR count). The van der Waals surface area contributed by atoms with E-state index in [2.05, 4.69) is 5.32 Å². The molecule has 0 radical (unpaired) electrons. The predicted molar refractivity (Wildman–Crippen MR) is 86.6 cm³/mol. The summed E-state index contributed by atoms with van der Waals surface area (Å²) in [6, 6.07) is 11.3. The Hall–Kier alpha value is -2.49. The van der Waals surface area contributed by atoms with E-state index in [1.54, 1.807) is 14.2 Å². The van der Waals surface area contributed by atoms with Crippen LogP contribution in [0.5, 0.6) is 11.5 Å². The maximum atomic E-state index is 12.3. The number of nitrogens with one attached hydrogen (secondary N) is 1. The predicted octanol–water partition coefficient (Wildman–Crippen LogP) is 3.25. The summed E-state index contributed by atoms with van der Waals surface area (Å²) in [5.41, 5.74) is 3.81. The van der Waals surface area contributed by atoms with Crippen LogP contribution in [0.4, 0.5) is 0 Å². The molecule has 0 aliphatic heterocycles. The van der Waals surface area contributed by atoms with E-state index in [1.807, 2.05) is 50.2 Å². The number of methoxy groups -OCH3 is 2. The fourth-order valence-corrected chi connectivity index (χ4v) is 2.25. The highest BCUT2D eigenvalue weighted by Crippen LogP contribution is 2.30. The third kappa shape index (κ3) is 3.39. The Bertz CT molecular complexity index is 680. The van der Waals surface area contributed by atoms with Gasteiger partial charge in [0.05, 0.1) is 14.2 Å². The number of benzene rings is 2. The van der Waals surface area contributed by atoms with Crippen LogP contribution >= 0.6 is 0 Å². The molecule has 0 spiro atoms. The zero-order chi connectivity index (χ0) is 16.1. The first-order chi connectivity index (χ1) is 10.6. The molecule has 1 N–H and O–H groups in total. The van der Waals surface area contributed by atoms with Crippen LogP contribution in [-0.2, 0) is 6.54 Å². The van der Waals surface area contributed by atoms with Crippen molar-refractivity contribution in [2.75, 3.05) is 14.2 Å². The molecule has 0 aliphatic rings. The average molecular weight is 299 g/mol. The van der Waals surface area contributed by atoms with E-state index in [4.69, 9.17) is 9.47 Å². The van der Waals surface area contributed by atoms with Gasteiger partial charge in [-0.25, -0.2) is 0 Å². The topological polar surface area (TPSA) is 47.6 Å². The zero-order valence-electron chi connectivity index (χ0n) is 13.4. The molecular formula is C18H21NO3. The third-order valence-corrected chi connectivity index (χ3v) is 3.69. The first kappa shape index (κ1) is 15.9. The molecule has 0 aromatic heterocycles. The monoisotopic (exact) mass is 299 g/mol. The van der Waals surface area contributed by atoms with Crippen LogP contribution in [0.25, 0.3) is 0 Å². The van der Waals surface area contributed by atoms with E-state index in [9.17, 15) is 4.79 Å². The van der Waals surface area contributed by atoms with Crippen LogP contribution in [-0.4, -0.2) is 20.1 Å². The lowest BCUT2D eigenvalue weighted by molar-refractivity contribution is 0.0950. The molecule has 0 saturated carbocycles. The lowest BCUT2D eigenvalue weighted by Crippen LogP contribution is -2.23. The molecule has 0 saturated heterocycles. The van der Waals surface area contributed by atoms with Gasteiger partial charge in [-0.2, -0.15) is 0 Å². The Morgan fingerprint density at radius 2 is 1.82 bits per heavy atom. The van der Waals surface area contributed by atoms with E-state index < -0.39 is 0 Å². The minimum Gasteiger partial charge on any atom is -0.493 e. The van der Waals surface area contributed by atoms with Gasteiger partial charge in [0.1, 0.15) is 0 Å². The molecule has 116 valence electrons. The second kappa shape index (κ2) is 6.98. The van der Waals surface area contributed by atoms with Crippen molar-refractivity contribution in [2.45, 2.75) is 20.4 Å². The molecule has 0 atom stereocenters. The number of hydrogen-bond donors (Lipinski definition) is 1. The summed E-state index contributed by atoms with van der Waals surface area (Å²) in [5, 5.41) is 2.91. The molecule has 2 aromatic carbocycles. The van der Waals surface area contributed by atoms with Crippen LogP contribution in [0.3, 0.4) is 0 Å². The number of ether oxygens (including phenoxy) is 2. The third-order valence-electron chi connectivity index (χ3n) is 3.69. The van der Waals surface area contributed by atoms with Gasteiger partial charge in [-0.1, -0.05) is 18.2 Å². The number of carbonyl (C=O) groups is 1. The minimum atomic E-state index is -0.104. The molecule has 1 amide bonds. The Morgan fingerprint density at radius 3 is 2.45 bits per heavy atom. The van der Waals surface area contributed by atoms with E-state index >= 15 is 0 Å². The van der Waals surface area contributed by atoms with Gasteiger partial charge in [0, 0.05) is 17.7 Å². The quantitative estimate of drug-likeness (QED) is 0.922. The SMILES string of the molecule is COc1cccc(CNC(=O)c2ccc(C)c(C)c2)c1OC. The summed E-state index contributed by atoms with van der Waals surface area (Å²) in [7, 11) is 3.18. The van der Waals surface area contributed by atoms with Crippen LogP contribution < -0.4 is 14.8 Å². The van der Waals surface area contributed by atoms with E-state index in [0.717, 1.165) is 11.1 Å². The van der Waals surface area contributed by atoms with Crippen molar-refractivity contribution in [3.63, 3.8) is 0 Å². The van der Waals surface area contributed by atoms with Gasteiger partial charge in [-0.05, 0) is 43.2 Å². The first-order valence-corrected chi connectivity index (χ1v) is 7.12. The summed E-state index contributed by atoms with van der Waals surface area (Å²) < 4.78 is 10.6. The molecule has 0 fully saturated rings. The van der Waals surface area contributed by atoms with Gasteiger partial charge < -0.3 is 14.8 Å². The summed E-state index contributed by atoms with van der Waals surface area (Å²) in [6.07, 6.45) is 0.